The largest absolute Gasteiger partial charge is 0.478 e. The van der Waals surface area contributed by atoms with Gasteiger partial charge in [-0.1, -0.05) is 6.92 Å². The third kappa shape index (κ3) is 2.98. The number of carboxylic acids is 1. The molecule has 0 radical (unpaired) electrons. The van der Waals surface area contributed by atoms with Crippen LogP contribution in [-0.4, -0.2) is 36.4 Å². The first-order valence-electron chi connectivity index (χ1n) is 5.86. The van der Waals surface area contributed by atoms with Gasteiger partial charge in [-0.2, -0.15) is 4.31 Å². The van der Waals surface area contributed by atoms with E-state index in [1.165, 1.54) is 16.7 Å². The van der Waals surface area contributed by atoms with E-state index in [-0.39, 0.29) is 9.77 Å². The molecule has 0 saturated carbocycles. The Kier molecular flexibility index (Phi) is 4.44. The van der Waals surface area contributed by atoms with Crippen LogP contribution in [0.1, 0.15) is 43.6 Å². The zero-order valence-corrected chi connectivity index (χ0v) is 13.4. The molecule has 108 valence electrons. The number of hydrogen-bond donors (Lipinski definition) is 1. The van der Waals surface area contributed by atoms with Gasteiger partial charge in [-0.3, -0.25) is 0 Å². The zero-order chi connectivity index (χ0) is 15.0. The smallest absolute Gasteiger partial charge is 0.336 e. The molecule has 0 unspecified atom stereocenters. The Labute approximate surface area is 117 Å². The van der Waals surface area contributed by atoms with Crippen LogP contribution < -0.4 is 0 Å². The molecule has 1 heterocycles. The molecule has 0 aliphatic rings. The molecule has 0 amide bonds. The second-order valence-corrected chi connectivity index (χ2v) is 8.26. The average molecular weight is 305 g/mol. The molecule has 1 N–H and O–H groups in total. The zero-order valence-electron chi connectivity index (χ0n) is 11.7. The van der Waals surface area contributed by atoms with Crippen molar-refractivity contribution < 1.29 is 18.3 Å². The fraction of sp³-hybridized carbons (Fsp3) is 0.583. The molecule has 0 spiro atoms. The van der Waals surface area contributed by atoms with E-state index in [9.17, 15) is 13.2 Å². The number of rotatable bonds is 4. The van der Waals surface area contributed by atoms with E-state index in [1.54, 1.807) is 27.7 Å². The van der Waals surface area contributed by atoms with E-state index in [1.807, 2.05) is 0 Å². The predicted molar refractivity (Wildman–Crippen MR) is 75.4 cm³/mol. The van der Waals surface area contributed by atoms with Gasteiger partial charge in [-0.15, -0.1) is 11.3 Å². The van der Waals surface area contributed by atoms with Gasteiger partial charge in [-0.25, -0.2) is 13.2 Å². The normalized spacial score (nSPS) is 12.9. The van der Waals surface area contributed by atoms with E-state index in [0.717, 1.165) is 11.3 Å². The van der Waals surface area contributed by atoms with Crippen LogP contribution in [-0.2, 0) is 16.4 Å². The van der Waals surface area contributed by atoms with Gasteiger partial charge in [0.15, 0.2) is 0 Å². The third-order valence-electron chi connectivity index (χ3n) is 2.98. The second-order valence-electron chi connectivity index (χ2n) is 5.22. The highest BCUT2D eigenvalue weighted by molar-refractivity contribution is 7.91. The molecule has 0 aromatic carbocycles. The van der Waals surface area contributed by atoms with Crippen molar-refractivity contribution in [1.29, 1.82) is 0 Å². The lowest BCUT2D eigenvalue weighted by Crippen LogP contribution is -2.42. The van der Waals surface area contributed by atoms with Crippen LogP contribution in [0.3, 0.4) is 0 Å². The lowest BCUT2D eigenvalue weighted by molar-refractivity contribution is 0.0696. The summed E-state index contributed by atoms with van der Waals surface area (Å²) in [5, 5.41) is 10.5. The number of aromatic carboxylic acids is 1. The Hall–Kier alpha value is -0.920. The fourth-order valence-electron chi connectivity index (χ4n) is 1.58. The number of sulfonamides is 1. The minimum Gasteiger partial charge on any atom is -0.478 e. The number of carboxylic acid groups (broad SMARTS) is 1. The molecule has 19 heavy (non-hydrogen) atoms. The van der Waals surface area contributed by atoms with Crippen LogP contribution >= 0.6 is 11.3 Å². The SMILES string of the molecule is CCc1c(C(=O)O)csc1S(=O)(=O)N(C)C(C)(C)C. The van der Waals surface area contributed by atoms with Crippen molar-refractivity contribution in [2.75, 3.05) is 7.05 Å². The molecule has 0 fully saturated rings. The Bertz CT molecular complexity index is 581. The third-order valence-corrected chi connectivity index (χ3v) is 6.70. The summed E-state index contributed by atoms with van der Waals surface area (Å²) in [4.78, 5) is 11.1. The average Bonchev–Trinajstić information content (AvgIpc) is 2.70. The molecule has 1 aromatic rings. The number of hydrogen-bond acceptors (Lipinski definition) is 4. The van der Waals surface area contributed by atoms with Gasteiger partial charge < -0.3 is 5.11 Å². The summed E-state index contributed by atoms with van der Waals surface area (Å²) in [7, 11) is -2.15. The summed E-state index contributed by atoms with van der Waals surface area (Å²) in [6, 6.07) is 0. The highest BCUT2D eigenvalue weighted by Crippen LogP contribution is 2.32. The second kappa shape index (κ2) is 5.22. The van der Waals surface area contributed by atoms with Gasteiger partial charge in [0.25, 0.3) is 10.0 Å². The standard InChI is InChI=1S/C12H19NO4S2/c1-6-8-9(10(14)15)7-18-11(8)19(16,17)13(5)12(2,3)4/h7H,6H2,1-5H3,(H,14,15). The maximum absolute atomic E-state index is 12.5. The lowest BCUT2D eigenvalue weighted by atomic mass is 10.1. The Balaban J connectivity index is 3.43. The van der Waals surface area contributed by atoms with Crippen LogP contribution in [0.2, 0.25) is 0 Å². The number of carbonyl (C=O) groups is 1. The maximum Gasteiger partial charge on any atom is 0.336 e. The maximum atomic E-state index is 12.5. The number of nitrogens with zero attached hydrogens (tertiary/aromatic N) is 1. The minimum absolute atomic E-state index is 0.0772. The molecule has 0 atom stereocenters. The predicted octanol–water partition coefficient (Wildman–Crippen LogP) is 2.43. The molecular formula is C12H19NO4S2. The van der Waals surface area contributed by atoms with E-state index in [2.05, 4.69) is 0 Å². The highest BCUT2D eigenvalue weighted by Gasteiger charge is 2.34. The van der Waals surface area contributed by atoms with E-state index < -0.39 is 21.5 Å². The van der Waals surface area contributed by atoms with Crippen molar-refractivity contribution in [3.8, 4) is 0 Å². The minimum atomic E-state index is -3.66. The summed E-state index contributed by atoms with van der Waals surface area (Å²) >= 11 is 0.970. The van der Waals surface area contributed by atoms with Gasteiger partial charge in [0.05, 0.1) is 5.56 Å². The molecule has 1 rings (SSSR count). The van der Waals surface area contributed by atoms with E-state index in [4.69, 9.17) is 5.11 Å². The first-order chi connectivity index (χ1) is 8.53. The van der Waals surface area contributed by atoms with Crippen LogP contribution in [0.15, 0.2) is 9.59 Å². The molecule has 1 aromatic heterocycles. The highest BCUT2D eigenvalue weighted by atomic mass is 32.2. The van der Waals surface area contributed by atoms with Crippen molar-refractivity contribution in [3.05, 3.63) is 16.5 Å². The summed E-state index contributed by atoms with van der Waals surface area (Å²) in [5.41, 5.74) is -0.0981. The van der Waals surface area contributed by atoms with Crippen molar-refractivity contribution in [3.63, 3.8) is 0 Å². The van der Waals surface area contributed by atoms with Crippen molar-refractivity contribution in [2.45, 2.75) is 43.9 Å². The van der Waals surface area contributed by atoms with Gasteiger partial charge in [-0.05, 0) is 32.8 Å². The van der Waals surface area contributed by atoms with E-state index in [0.29, 0.717) is 12.0 Å². The molecule has 0 bridgehead atoms. The van der Waals surface area contributed by atoms with Crippen LogP contribution in [0.25, 0.3) is 0 Å². The quantitative estimate of drug-likeness (QED) is 0.927. The summed E-state index contributed by atoms with van der Waals surface area (Å²) in [5.74, 6) is -1.09. The summed E-state index contributed by atoms with van der Waals surface area (Å²) < 4.78 is 26.5. The molecule has 0 saturated heterocycles. The van der Waals surface area contributed by atoms with Gasteiger partial charge in [0.2, 0.25) is 0 Å². The van der Waals surface area contributed by atoms with Crippen LogP contribution in [0, 0.1) is 0 Å². The van der Waals surface area contributed by atoms with E-state index >= 15 is 0 Å². The Morgan fingerprint density at radius 2 is 1.95 bits per heavy atom. The first-order valence-corrected chi connectivity index (χ1v) is 8.18. The molecular weight excluding hydrogens is 286 g/mol. The summed E-state index contributed by atoms with van der Waals surface area (Å²) in [6.45, 7) is 7.14. The summed E-state index contributed by atoms with van der Waals surface area (Å²) in [6.07, 6.45) is 0.373. The van der Waals surface area contributed by atoms with Crippen LogP contribution in [0.5, 0.6) is 0 Å². The first kappa shape index (κ1) is 16.1. The molecule has 0 aliphatic heterocycles. The molecule has 5 nitrogen and oxygen atoms in total. The lowest BCUT2D eigenvalue weighted by Gasteiger charge is -2.30. The van der Waals surface area contributed by atoms with Gasteiger partial charge in [0, 0.05) is 18.0 Å². The van der Waals surface area contributed by atoms with Crippen LogP contribution in [0.4, 0.5) is 0 Å². The molecule has 0 aliphatic carbocycles. The van der Waals surface area contributed by atoms with Gasteiger partial charge in [0.1, 0.15) is 4.21 Å². The Morgan fingerprint density at radius 3 is 2.32 bits per heavy atom. The Morgan fingerprint density at radius 1 is 1.42 bits per heavy atom. The number of thiophene rings is 1. The van der Waals surface area contributed by atoms with Gasteiger partial charge >= 0.3 is 5.97 Å². The van der Waals surface area contributed by atoms with Crippen molar-refractivity contribution >= 4 is 27.3 Å². The van der Waals surface area contributed by atoms with Crippen molar-refractivity contribution in [2.24, 2.45) is 0 Å². The monoisotopic (exact) mass is 305 g/mol. The topological polar surface area (TPSA) is 74.7 Å². The molecule has 7 heteroatoms. The fourth-order valence-corrected chi connectivity index (χ4v) is 4.95. The van der Waals surface area contributed by atoms with Crippen molar-refractivity contribution in [1.82, 2.24) is 4.31 Å².